The third-order valence-electron chi connectivity index (χ3n) is 3.59. The van der Waals surface area contributed by atoms with Crippen molar-refractivity contribution in [3.05, 3.63) is 63.5 Å². The molecule has 0 aliphatic rings. The highest BCUT2D eigenvalue weighted by molar-refractivity contribution is 6.40. The van der Waals surface area contributed by atoms with Crippen molar-refractivity contribution in [1.82, 2.24) is 15.8 Å². The summed E-state index contributed by atoms with van der Waals surface area (Å²) in [6, 6.07) is 5.61. The Morgan fingerprint density at radius 1 is 1.00 bits per heavy atom. The highest BCUT2D eigenvalue weighted by Crippen LogP contribution is 2.30. The van der Waals surface area contributed by atoms with Crippen molar-refractivity contribution in [2.75, 3.05) is 5.32 Å². The molecule has 0 aliphatic carbocycles. The molecule has 3 N–H and O–H groups in total. The van der Waals surface area contributed by atoms with E-state index in [9.17, 15) is 24.5 Å². The molecule has 0 aliphatic heterocycles. The van der Waals surface area contributed by atoms with Gasteiger partial charge in [-0.05, 0) is 37.1 Å². The SMILES string of the molecule is Cc1ccc([N+](=O)[O-])c(NC(=O)C(=O)NNC(=O)c2ccncc2)c1C. The Balaban J connectivity index is 2.06. The molecule has 0 radical (unpaired) electrons. The minimum atomic E-state index is -1.18. The Morgan fingerprint density at radius 3 is 2.27 bits per heavy atom. The van der Waals surface area contributed by atoms with Gasteiger partial charge in [-0.2, -0.15) is 0 Å². The number of rotatable bonds is 3. The van der Waals surface area contributed by atoms with Crippen molar-refractivity contribution in [3.8, 4) is 0 Å². The molecule has 2 aromatic rings. The molecule has 2 rings (SSSR count). The van der Waals surface area contributed by atoms with Crippen LogP contribution in [0.25, 0.3) is 0 Å². The number of nitro benzene ring substituents is 1. The number of nitrogens with one attached hydrogen (secondary N) is 3. The van der Waals surface area contributed by atoms with Gasteiger partial charge in [-0.1, -0.05) is 6.07 Å². The van der Waals surface area contributed by atoms with Crippen LogP contribution in [0, 0.1) is 24.0 Å². The second-order valence-electron chi connectivity index (χ2n) is 5.26. The van der Waals surface area contributed by atoms with E-state index in [1.807, 2.05) is 5.43 Å². The van der Waals surface area contributed by atoms with Gasteiger partial charge in [-0.25, -0.2) is 0 Å². The van der Waals surface area contributed by atoms with Crippen molar-refractivity contribution >= 4 is 29.1 Å². The maximum atomic E-state index is 12.0. The molecule has 0 saturated heterocycles. The Kier molecular flexibility index (Phi) is 5.58. The van der Waals surface area contributed by atoms with Crippen LogP contribution in [-0.2, 0) is 9.59 Å². The average molecular weight is 357 g/mol. The minimum Gasteiger partial charge on any atom is -0.312 e. The molecule has 0 saturated carbocycles. The van der Waals surface area contributed by atoms with E-state index in [2.05, 4.69) is 15.7 Å². The van der Waals surface area contributed by atoms with Crippen LogP contribution in [0.1, 0.15) is 21.5 Å². The molecule has 0 unspecified atom stereocenters. The number of amides is 3. The molecule has 1 aromatic heterocycles. The number of nitrogens with zero attached hydrogens (tertiary/aromatic N) is 2. The summed E-state index contributed by atoms with van der Waals surface area (Å²) in [6.07, 6.45) is 2.78. The quantitative estimate of drug-likeness (QED) is 0.425. The molecule has 1 aromatic carbocycles. The number of anilines is 1. The number of hydrogen-bond donors (Lipinski definition) is 3. The van der Waals surface area contributed by atoms with Crippen molar-refractivity contribution < 1.29 is 19.3 Å². The van der Waals surface area contributed by atoms with Crippen molar-refractivity contribution in [3.63, 3.8) is 0 Å². The van der Waals surface area contributed by atoms with Crippen LogP contribution in [0.4, 0.5) is 11.4 Å². The first-order valence-corrected chi connectivity index (χ1v) is 7.37. The predicted molar refractivity (Wildman–Crippen MR) is 91.0 cm³/mol. The van der Waals surface area contributed by atoms with Gasteiger partial charge in [-0.15, -0.1) is 0 Å². The van der Waals surface area contributed by atoms with Gasteiger partial charge in [-0.3, -0.25) is 40.3 Å². The largest absolute Gasteiger partial charge is 0.328 e. The lowest BCUT2D eigenvalue weighted by atomic mass is 10.1. The second-order valence-corrected chi connectivity index (χ2v) is 5.26. The summed E-state index contributed by atoms with van der Waals surface area (Å²) < 4.78 is 0. The molecule has 3 amide bonds. The van der Waals surface area contributed by atoms with E-state index in [1.165, 1.54) is 36.7 Å². The van der Waals surface area contributed by atoms with E-state index >= 15 is 0 Å². The average Bonchev–Trinajstić information content (AvgIpc) is 2.63. The fourth-order valence-electron chi connectivity index (χ4n) is 2.03. The zero-order valence-corrected chi connectivity index (χ0v) is 13.9. The smallest absolute Gasteiger partial charge is 0.312 e. The minimum absolute atomic E-state index is 0.0735. The molecule has 0 bridgehead atoms. The number of aromatic nitrogens is 1. The van der Waals surface area contributed by atoms with Gasteiger partial charge in [0.2, 0.25) is 0 Å². The van der Waals surface area contributed by atoms with E-state index in [0.717, 1.165) is 0 Å². The predicted octanol–water partition coefficient (Wildman–Crippen LogP) is 1.01. The Hall–Kier alpha value is -3.82. The number of hydrazine groups is 1. The van der Waals surface area contributed by atoms with Gasteiger partial charge < -0.3 is 5.32 Å². The highest BCUT2D eigenvalue weighted by atomic mass is 16.6. The molecular formula is C16H15N5O5. The van der Waals surface area contributed by atoms with Crippen LogP contribution in [0.3, 0.4) is 0 Å². The summed E-state index contributed by atoms with van der Waals surface area (Å²) in [5.74, 6) is -2.98. The van der Waals surface area contributed by atoms with Gasteiger partial charge in [0.15, 0.2) is 0 Å². The van der Waals surface area contributed by atoms with Crippen molar-refractivity contribution in [2.24, 2.45) is 0 Å². The van der Waals surface area contributed by atoms with Crippen LogP contribution in [0.5, 0.6) is 0 Å². The molecule has 1 heterocycles. The van der Waals surface area contributed by atoms with E-state index in [1.54, 1.807) is 13.8 Å². The van der Waals surface area contributed by atoms with E-state index < -0.39 is 22.6 Å². The summed E-state index contributed by atoms with van der Waals surface area (Å²) in [4.78, 5) is 49.8. The van der Waals surface area contributed by atoms with Crippen molar-refractivity contribution in [1.29, 1.82) is 0 Å². The summed E-state index contributed by atoms with van der Waals surface area (Å²) in [5.41, 5.74) is 4.99. The molecule has 10 nitrogen and oxygen atoms in total. The summed E-state index contributed by atoms with van der Waals surface area (Å²) in [5, 5.41) is 13.3. The summed E-state index contributed by atoms with van der Waals surface area (Å²) in [6.45, 7) is 3.30. The number of hydrogen-bond acceptors (Lipinski definition) is 6. The number of carbonyl (C=O) groups excluding carboxylic acids is 3. The lowest BCUT2D eigenvalue weighted by molar-refractivity contribution is -0.384. The van der Waals surface area contributed by atoms with Crippen molar-refractivity contribution in [2.45, 2.75) is 13.8 Å². The van der Waals surface area contributed by atoms with Gasteiger partial charge in [0.25, 0.3) is 11.6 Å². The first-order valence-electron chi connectivity index (χ1n) is 7.37. The number of carbonyl (C=O) groups is 3. The standard InChI is InChI=1S/C16H15N5O5/c1-9-3-4-12(21(25)26)13(10(9)2)18-15(23)16(24)20-19-14(22)11-5-7-17-8-6-11/h3-8H,1-2H3,(H,18,23)(H,19,22)(H,20,24). The zero-order valence-electron chi connectivity index (χ0n) is 13.9. The number of benzene rings is 1. The van der Waals surface area contributed by atoms with Gasteiger partial charge in [0.05, 0.1) is 4.92 Å². The fourth-order valence-corrected chi connectivity index (χ4v) is 2.03. The Morgan fingerprint density at radius 2 is 1.65 bits per heavy atom. The normalized spacial score (nSPS) is 9.92. The van der Waals surface area contributed by atoms with E-state index in [-0.39, 0.29) is 16.9 Å². The molecular weight excluding hydrogens is 342 g/mol. The molecule has 0 fully saturated rings. The first-order chi connectivity index (χ1) is 12.3. The lowest BCUT2D eigenvalue weighted by Gasteiger charge is -2.11. The van der Waals surface area contributed by atoms with Crippen LogP contribution < -0.4 is 16.2 Å². The Bertz CT molecular complexity index is 882. The molecule has 0 atom stereocenters. The molecule has 26 heavy (non-hydrogen) atoms. The van der Waals surface area contributed by atoms with Gasteiger partial charge in [0, 0.05) is 24.0 Å². The Labute approximate surface area is 147 Å². The van der Waals surface area contributed by atoms with Crippen LogP contribution in [0.2, 0.25) is 0 Å². The van der Waals surface area contributed by atoms with E-state index in [4.69, 9.17) is 0 Å². The fraction of sp³-hybridized carbons (Fsp3) is 0.125. The van der Waals surface area contributed by atoms with Crippen LogP contribution in [0.15, 0.2) is 36.7 Å². The highest BCUT2D eigenvalue weighted by Gasteiger charge is 2.23. The number of nitro groups is 1. The first kappa shape index (κ1) is 18.5. The molecule has 10 heteroatoms. The second kappa shape index (κ2) is 7.83. The monoisotopic (exact) mass is 357 g/mol. The van der Waals surface area contributed by atoms with Crippen LogP contribution >= 0.6 is 0 Å². The van der Waals surface area contributed by atoms with Gasteiger partial charge >= 0.3 is 11.8 Å². The molecule has 0 spiro atoms. The third-order valence-corrected chi connectivity index (χ3v) is 3.59. The number of pyridine rings is 1. The lowest BCUT2D eigenvalue weighted by Crippen LogP contribution is -2.46. The topological polar surface area (TPSA) is 143 Å². The summed E-state index contributed by atoms with van der Waals surface area (Å²) >= 11 is 0. The third kappa shape index (κ3) is 4.17. The van der Waals surface area contributed by atoms with E-state index in [0.29, 0.717) is 11.1 Å². The molecule has 134 valence electrons. The maximum absolute atomic E-state index is 12.0. The number of aryl methyl sites for hydroxylation is 1. The van der Waals surface area contributed by atoms with Gasteiger partial charge in [0.1, 0.15) is 5.69 Å². The maximum Gasteiger partial charge on any atom is 0.328 e. The van der Waals surface area contributed by atoms with Crippen LogP contribution in [-0.4, -0.2) is 27.6 Å². The summed E-state index contributed by atoms with van der Waals surface area (Å²) in [7, 11) is 0. The zero-order chi connectivity index (χ0) is 19.3.